The summed E-state index contributed by atoms with van der Waals surface area (Å²) in [5.74, 6) is 0. The zero-order valence-corrected chi connectivity index (χ0v) is 19.3. The van der Waals surface area contributed by atoms with E-state index >= 15 is 0 Å². The van der Waals surface area contributed by atoms with Crippen LogP contribution in [0.25, 0.3) is 0 Å². The zero-order chi connectivity index (χ0) is 20.6. The quantitative estimate of drug-likeness (QED) is 0.710. The molecule has 2 aromatic rings. The molecule has 0 radical (unpaired) electrons. The number of hydrogen-bond acceptors (Lipinski definition) is 3. The molecule has 1 fully saturated rings. The topological polar surface area (TPSA) is 27.7 Å². The van der Waals surface area contributed by atoms with E-state index in [1.165, 1.54) is 10.4 Å². The van der Waals surface area contributed by atoms with Crippen LogP contribution in [0, 0.1) is 0 Å². The minimum absolute atomic E-state index is 0.0562. The molecule has 0 aliphatic carbocycles. The monoisotopic (exact) mass is 396 g/mol. The van der Waals surface area contributed by atoms with E-state index in [1.807, 2.05) is 0 Å². The van der Waals surface area contributed by atoms with Crippen LogP contribution in [0.15, 0.2) is 60.7 Å². The first-order valence-electron chi connectivity index (χ1n) is 10.1. The molecule has 2 aromatic carbocycles. The van der Waals surface area contributed by atoms with Crippen molar-refractivity contribution >= 4 is 25.8 Å². The molecule has 0 saturated carbocycles. The van der Waals surface area contributed by atoms with Gasteiger partial charge in [-0.15, -0.1) is 0 Å². The molecule has 0 amide bonds. The second-order valence-corrected chi connectivity index (χ2v) is 14.0. The highest BCUT2D eigenvalue weighted by atomic mass is 28.4. The predicted octanol–water partition coefficient (Wildman–Crippen LogP) is 4.19. The van der Waals surface area contributed by atoms with Crippen LogP contribution < -0.4 is 10.4 Å². The molecule has 0 bridgehead atoms. The van der Waals surface area contributed by atoms with Crippen molar-refractivity contribution in [2.45, 2.75) is 64.7 Å². The fourth-order valence-electron chi connectivity index (χ4n) is 3.99. The Morgan fingerprint density at radius 2 is 1.18 bits per heavy atom. The first-order valence-corrected chi connectivity index (χ1v) is 12.0. The van der Waals surface area contributed by atoms with Gasteiger partial charge in [-0.2, -0.15) is 0 Å². The van der Waals surface area contributed by atoms with E-state index in [9.17, 15) is 0 Å². The highest BCUT2D eigenvalue weighted by Gasteiger charge is 2.54. The molecule has 1 aliphatic heterocycles. The van der Waals surface area contributed by atoms with Gasteiger partial charge >= 0.3 is 7.12 Å². The lowest BCUT2D eigenvalue weighted by molar-refractivity contribution is 0.00578. The average Bonchev–Trinajstić information content (AvgIpc) is 2.83. The number of rotatable bonds is 5. The van der Waals surface area contributed by atoms with Crippen molar-refractivity contribution in [1.29, 1.82) is 0 Å². The summed E-state index contributed by atoms with van der Waals surface area (Å²) in [5.41, 5.74) is -0.709. The Balaban J connectivity index is 2.00. The van der Waals surface area contributed by atoms with E-state index in [2.05, 4.69) is 109 Å². The third kappa shape index (κ3) is 3.73. The van der Waals surface area contributed by atoms with Crippen LogP contribution >= 0.6 is 0 Å². The minimum atomic E-state index is -2.57. The van der Waals surface area contributed by atoms with Gasteiger partial charge in [-0.1, -0.05) is 81.4 Å². The van der Waals surface area contributed by atoms with Crippen LogP contribution in [0.5, 0.6) is 0 Å². The van der Waals surface area contributed by atoms with Crippen molar-refractivity contribution in [3.05, 3.63) is 60.7 Å². The summed E-state index contributed by atoms with van der Waals surface area (Å²) in [6, 6.07) is 21.3. The highest BCUT2D eigenvalue weighted by Crippen LogP contribution is 2.39. The molecule has 5 heteroatoms. The van der Waals surface area contributed by atoms with E-state index in [4.69, 9.17) is 13.7 Å². The van der Waals surface area contributed by atoms with E-state index < -0.39 is 8.32 Å². The molecule has 1 saturated heterocycles. The van der Waals surface area contributed by atoms with Crippen LogP contribution in [-0.4, -0.2) is 33.1 Å². The van der Waals surface area contributed by atoms with Crippen molar-refractivity contribution in [2.75, 3.05) is 6.51 Å². The fourth-order valence-corrected chi connectivity index (χ4v) is 8.53. The molecule has 150 valence electrons. The zero-order valence-electron chi connectivity index (χ0n) is 18.3. The van der Waals surface area contributed by atoms with Gasteiger partial charge < -0.3 is 13.7 Å². The molecule has 0 atom stereocenters. The lowest BCUT2D eigenvalue weighted by atomic mass is 9.90. The second-order valence-electron chi connectivity index (χ2n) is 9.66. The predicted molar refractivity (Wildman–Crippen MR) is 120 cm³/mol. The highest BCUT2D eigenvalue weighted by molar-refractivity contribution is 6.99. The van der Waals surface area contributed by atoms with Crippen molar-refractivity contribution in [1.82, 2.24) is 0 Å². The molecule has 0 spiro atoms. The van der Waals surface area contributed by atoms with E-state index in [-0.39, 0.29) is 23.4 Å². The van der Waals surface area contributed by atoms with Gasteiger partial charge in [0, 0.05) is 0 Å². The van der Waals surface area contributed by atoms with Crippen LogP contribution in [-0.2, 0) is 13.7 Å². The molecule has 0 aromatic heterocycles. The van der Waals surface area contributed by atoms with Gasteiger partial charge in [0.1, 0.15) is 0 Å². The Morgan fingerprint density at radius 1 is 0.786 bits per heavy atom. The van der Waals surface area contributed by atoms with Crippen molar-refractivity contribution in [2.24, 2.45) is 0 Å². The standard InChI is InChI=1S/C23H33BO3Si/c1-21(2,3)28(19-14-10-8-11-15-19,20-16-12-9-13-17-20)25-18-24-26-22(4,5)23(6,7)27-24/h8-17H,18H2,1-7H3. The van der Waals surface area contributed by atoms with Gasteiger partial charge in [0.2, 0.25) is 0 Å². The summed E-state index contributed by atoms with van der Waals surface area (Å²) in [6.45, 7) is 15.6. The SMILES string of the molecule is CC1(C)OB(CO[Si](c2ccccc2)(c2ccccc2)C(C)(C)C)OC1(C)C. The molecule has 3 rings (SSSR count). The van der Waals surface area contributed by atoms with Crippen molar-refractivity contribution < 1.29 is 13.7 Å². The fraction of sp³-hybridized carbons (Fsp3) is 0.478. The molecular formula is C23H33BO3Si. The maximum Gasteiger partial charge on any atom is 0.484 e. The maximum absolute atomic E-state index is 6.93. The molecular weight excluding hydrogens is 363 g/mol. The summed E-state index contributed by atoms with van der Waals surface area (Å²) in [7, 11) is -2.94. The van der Waals surface area contributed by atoms with Gasteiger partial charge in [0.25, 0.3) is 8.32 Å². The van der Waals surface area contributed by atoms with Crippen LogP contribution in [0.4, 0.5) is 0 Å². The van der Waals surface area contributed by atoms with Gasteiger partial charge in [0.15, 0.2) is 0 Å². The number of benzene rings is 2. The minimum Gasteiger partial charge on any atom is -0.410 e. The summed E-state index contributed by atoms with van der Waals surface area (Å²) in [5, 5.41) is 2.48. The first-order chi connectivity index (χ1) is 13.0. The van der Waals surface area contributed by atoms with E-state index in [0.717, 1.165) is 0 Å². The smallest absolute Gasteiger partial charge is 0.410 e. The molecule has 0 unspecified atom stereocenters. The normalized spacial score (nSPS) is 19.0. The van der Waals surface area contributed by atoms with Crippen LogP contribution in [0.1, 0.15) is 48.5 Å². The summed E-state index contributed by atoms with van der Waals surface area (Å²) in [6.07, 6.45) is 0. The Bertz CT molecular complexity index is 729. The first kappa shape index (κ1) is 21.3. The van der Waals surface area contributed by atoms with Gasteiger partial charge in [-0.3, -0.25) is 0 Å². The molecule has 3 nitrogen and oxygen atoms in total. The maximum atomic E-state index is 6.93. The summed E-state index contributed by atoms with van der Waals surface area (Å²) in [4.78, 5) is 0. The third-order valence-electron chi connectivity index (χ3n) is 6.15. The van der Waals surface area contributed by atoms with Crippen LogP contribution in [0.2, 0.25) is 5.04 Å². The number of hydrogen-bond donors (Lipinski definition) is 0. The molecule has 1 aliphatic rings. The van der Waals surface area contributed by atoms with Gasteiger partial charge in [0.05, 0.1) is 17.7 Å². The lowest BCUT2D eigenvalue weighted by Gasteiger charge is -2.43. The van der Waals surface area contributed by atoms with Gasteiger partial charge in [-0.25, -0.2) is 0 Å². The van der Waals surface area contributed by atoms with Crippen LogP contribution in [0.3, 0.4) is 0 Å². The third-order valence-corrected chi connectivity index (χ3v) is 11.2. The molecule has 28 heavy (non-hydrogen) atoms. The Kier molecular flexibility index (Phi) is 5.67. The summed E-state index contributed by atoms with van der Waals surface area (Å²) < 4.78 is 19.4. The molecule has 1 heterocycles. The van der Waals surface area contributed by atoms with E-state index in [0.29, 0.717) is 6.51 Å². The Hall–Kier alpha value is -1.40. The van der Waals surface area contributed by atoms with Gasteiger partial charge in [-0.05, 0) is 43.1 Å². The van der Waals surface area contributed by atoms with E-state index in [1.54, 1.807) is 0 Å². The molecule has 0 N–H and O–H groups in total. The van der Waals surface area contributed by atoms with Crippen molar-refractivity contribution in [3.63, 3.8) is 0 Å². The second kappa shape index (κ2) is 7.45. The van der Waals surface area contributed by atoms with Crippen molar-refractivity contribution in [3.8, 4) is 0 Å². The Labute approximate surface area is 171 Å². The lowest BCUT2D eigenvalue weighted by Crippen LogP contribution is -2.67. The Morgan fingerprint density at radius 3 is 1.54 bits per heavy atom. The largest absolute Gasteiger partial charge is 0.484 e. The summed E-state index contributed by atoms with van der Waals surface area (Å²) >= 11 is 0. The average molecular weight is 396 g/mol.